The normalized spacial score (nSPS) is 11.5. The molecule has 2 aromatic carbocycles. The number of nitrogens with zero attached hydrogens (tertiary/aromatic N) is 4. The minimum Gasteiger partial charge on any atom is -0.195 e. The summed E-state index contributed by atoms with van der Waals surface area (Å²) >= 11 is 7.50. The maximum Gasteiger partial charge on any atom is 0.212 e. The van der Waals surface area contributed by atoms with E-state index in [2.05, 4.69) is 53.4 Å². The minimum absolute atomic E-state index is 0.528. The first kappa shape index (κ1) is 17.7. The summed E-state index contributed by atoms with van der Waals surface area (Å²) in [4.78, 5) is 0. The summed E-state index contributed by atoms with van der Waals surface area (Å²) in [6.45, 7) is 4.37. The topological polar surface area (TPSA) is 43.1 Å². The molecule has 3 aromatic rings. The second-order valence-corrected chi connectivity index (χ2v) is 7.32. The molecule has 0 radical (unpaired) electrons. The SMILES string of the molecule is CC(C)c1ccc(/C=N\n2cnnc2SCc2ccc(Cl)cc2)cc1. The minimum atomic E-state index is 0.528. The van der Waals surface area contributed by atoms with Crippen molar-refractivity contribution in [2.45, 2.75) is 30.7 Å². The molecule has 0 atom stereocenters. The van der Waals surface area contributed by atoms with Crippen LogP contribution < -0.4 is 0 Å². The summed E-state index contributed by atoms with van der Waals surface area (Å²) in [5, 5.41) is 14.0. The van der Waals surface area contributed by atoms with Gasteiger partial charge in [-0.05, 0) is 34.7 Å². The Morgan fingerprint density at radius 1 is 1.12 bits per heavy atom. The number of halogens is 1. The van der Waals surface area contributed by atoms with Crippen molar-refractivity contribution >= 4 is 29.6 Å². The van der Waals surface area contributed by atoms with Crippen molar-refractivity contribution in [3.05, 3.63) is 76.6 Å². The molecule has 0 aliphatic heterocycles. The van der Waals surface area contributed by atoms with Gasteiger partial charge in [-0.25, -0.2) is 0 Å². The molecule has 128 valence electrons. The third-order valence-corrected chi connectivity index (χ3v) is 4.97. The Morgan fingerprint density at radius 2 is 1.84 bits per heavy atom. The van der Waals surface area contributed by atoms with Crippen molar-refractivity contribution in [3.8, 4) is 0 Å². The lowest BCUT2D eigenvalue weighted by atomic mass is 10.0. The Morgan fingerprint density at radius 3 is 2.52 bits per heavy atom. The molecular formula is C19H19ClN4S. The highest BCUT2D eigenvalue weighted by atomic mass is 35.5. The van der Waals surface area contributed by atoms with Gasteiger partial charge < -0.3 is 0 Å². The van der Waals surface area contributed by atoms with Crippen LogP contribution in [0, 0.1) is 0 Å². The van der Waals surface area contributed by atoms with Gasteiger partial charge in [0.25, 0.3) is 0 Å². The quantitative estimate of drug-likeness (QED) is 0.440. The van der Waals surface area contributed by atoms with Crippen molar-refractivity contribution in [3.63, 3.8) is 0 Å². The van der Waals surface area contributed by atoms with Gasteiger partial charge in [-0.1, -0.05) is 73.6 Å². The maximum atomic E-state index is 5.91. The predicted molar refractivity (Wildman–Crippen MR) is 105 cm³/mol. The van der Waals surface area contributed by atoms with Crippen LogP contribution in [0.15, 0.2) is 65.1 Å². The lowest BCUT2D eigenvalue weighted by Gasteiger charge is -2.04. The largest absolute Gasteiger partial charge is 0.212 e. The first-order valence-corrected chi connectivity index (χ1v) is 9.40. The molecular weight excluding hydrogens is 352 g/mol. The van der Waals surface area contributed by atoms with Crippen LogP contribution in [0.1, 0.15) is 36.5 Å². The van der Waals surface area contributed by atoms with Crippen LogP contribution >= 0.6 is 23.4 Å². The molecule has 1 heterocycles. The fraction of sp³-hybridized carbons (Fsp3) is 0.211. The summed E-state index contributed by atoms with van der Waals surface area (Å²) in [6, 6.07) is 16.2. The smallest absolute Gasteiger partial charge is 0.195 e. The van der Waals surface area contributed by atoms with E-state index in [0.29, 0.717) is 5.92 Å². The molecule has 0 saturated heterocycles. The van der Waals surface area contributed by atoms with Crippen LogP contribution in [-0.2, 0) is 5.75 Å². The number of hydrogen-bond donors (Lipinski definition) is 0. The third-order valence-electron chi connectivity index (χ3n) is 3.72. The Hall–Kier alpha value is -2.11. The molecule has 0 bridgehead atoms. The van der Waals surface area contributed by atoms with Crippen molar-refractivity contribution < 1.29 is 0 Å². The zero-order valence-electron chi connectivity index (χ0n) is 14.1. The Labute approximate surface area is 156 Å². The van der Waals surface area contributed by atoms with E-state index >= 15 is 0 Å². The van der Waals surface area contributed by atoms with E-state index in [4.69, 9.17) is 11.6 Å². The summed E-state index contributed by atoms with van der Waals surface area (Å²) in [5.41, 5.74) is 3.55. The summed E-state index contributed by atoms with van der Waals surface area (Å²) < 4.78 is 1.69. The van der Waals surface area contributed by atoms with Crippen molar-refractivity contribution in [2.75, 3.05) is 0 Å². The molecule has 0 aliphatic rings. The van der Waals surface area contributed by atoms with Crippen LogP contribution in [0.4, 0.5) is 0 Å². The molecule has 0 spiro atoms. The monoisotopic (exact) mass is 370 g/mol. The van der Waals surface area contributed by atoms with Crippen LogP contribution in [0.3, 0.4) is 0 Å². The zero-order chi connectivity index (χ0) is 17.6. The van der Waals surface area contributed by atoms with E-state index in [1.807, 2.05) is 30.5 Å². The molecule has 0 amide bonds. The Balaban J connectivity index is 1.65. The fourth-order valence-corrected chi connectivity index (χ4v) is 3.16. The number of hydrogen-bond acceptors (Lipinski definition) is 4. The highest BCUT2D eigenvalue weighted by molar-refractivity contribution is 7.98. The van der Waals surface area contributed by atoms with Crippen molar-refractivity contribution in [1.82, 2.24) is 14.9 Å². The molecule has 25 heavy (non-hydrogen) atoms. The van der Waals surface area contributed by atoms with Gasteiger partial charge in [0.2, 0.25) is 5.16 Å². The molecule has 3 rings (SSSR count). The van der Waals surface area contributed by atoms with Gasteiger partial charge in [-0.3, -0.25) is 0 Å². The average Bonchev–Trinajstić information content (AvgIpc) is 3.07. The first-order valence-electron chi connectivity index (χ1n) is 8.03. The molecule has 0 saturated carbocycles. The number of aromatic nitrogens is 3. The van der Waals surface area contributed by atoms with Crippen molar-refractivity contribution in [1.29, 1.82) is 0 Å². The number of thioether (sulfide) groups is 1. The van der Waals surface area contributed by atoms with Gasteiger partial charge in [-0.2, -0.15) is 9.78 Å². The van der Waals surface area contributed by atoms with E-state index in [1.54, 1.807) is 22.8 Å². The molecule has 0 fully saturated rings. The zero-order valence-corrected chi connectivity index (χ0v) is 15.7. The van der Waals surface area contributed by atoms with Crippen LogP contribution in [0.5, 0.6) is 0 Å². The first-order chi connectivity index (χ1) is 12.1. The second-order valence-electron chi connectivity index (χ2n) is 5.94. The maximum absolute atomic E-state index is 5.91. The van der Waals surface area contributed by atoms with E-state index in [1.165, 1.54) is 11.1 Å². The predicted octanol–water partition coefficient (Wildman–Crippen LogP) is 5.23. The molecule has 0 N–H and O–H groups in total. The Bertz CT molecular complexity index is 839. The van der Waals surface area contributed by atoms with E-state index < -0.39 is 0 Å². The third kappa shape index (κ3) is 4.94. The molecule has 1 aromatic heterocycles. The number of benzene rings is 2. The van der Waals surface area contributed by atoms with Crippen LogP contribution in [0.25, 0.3) is 0 Å². The molecule has 0 unspecified atom stereocenters. The Kier molecular flexibility index (Phi) is 5.89. The van der Waals surface area contributed by atoms with Crippen LogP contribution in [-0.4, -0.2) is 21.1 Å². The van der Waals surface area contributed by atoms with Gasteiger partial charge in [-0.15, -0.1) is 10.2 Å². The highest BCUT2D eigenvalue weighted by Crippen LogP contribution is 2.21. The molecule has 4 nitrogen and oxygen atoms in total. The summed E-state index contributed by atoms with van der Waals surface area (Å²) in [5.74, 6) is 1.31. The van der Waals surface area contributed by atoms with Crippen molar-refractivity contribution in [2.24, 2.45) is 5.10 Å². The number of rotatable bonds is 6. The van der Waals surface area contributed by atoms with E-state index in [0.717, 1.165) is 21.5 Å². The van der Waals surface area contributed by atoms with Gasteiger partial charge in [0.15, 0.2) is 0 Å². The molecule has 0 aliphatic carbocycles. The van der Waals surface area contributed by atoms with Crippen LogP contribution in [0.2, 0.25) is 5.02 Å². The van der Waals surface area contributed by atoms with Gasteiger partial charge in [0, 0.05) is 10.8 Å². The van der Waals surface area contributed by atoms with Gasteiger partial charge in [0.1, 0.15) is 6.33 Å². The lowest BCUT2D eigenvalue weighted by molar-refractivity contribution is 0.767. The second kappa shape index (κ2) is 8.32. The average molecular weight is 371 g/mol. The highest BCUT2D eigenvalue weighted by Gasteiger charge is 2.05. The standard InChI is InChI=1S/C19H19ClN4S/c1-14(2)17-7-3-15(4-8-17)11-22-24-13-21-23-19(24)25-12-16-5-9-18(20)10-6-16/h3-11,13-14H,12H2,1-2H3/b22-11-. The van der Waals surface area contributed by atoms with E-state index in [9.17, 15) is 0 Å². The summed E-state index contributed by atoms with van der Waals surface area (Å²) in [6.07, 6.45) is 3.43. The van der Waals surface area contributed by atoms with Gasteiger partial charge >= 0.3 is 0 Å². The molecule has 6 heteroatoms. The lowest BCUT2D eigenvalue weighted by Crippen LogP contribution is -1.93. The van der Waals surface area contributed by atoms with Gasteiger partial charge in [0.05, 0.1) is 6.21 Å². The fourth-order valence-electron chi connectivity index (χ4n) is 2.22. The summed E-state index contributed by atoms with van der Waals surface area (Å²) in [7, 11) is 0. The van der Waals surface area contributed by atoms with E-state index in [-0.39, 0.29) is 0 Å².